The lowest BCUT2D eigenvalue weighted by Crippen LogP contribution is -2.03. The second-order valence-corrected chi connectivity index (χ2v) is 7.24. The van der Waals surface area contributed by atoms with E-state index < -0.39 is 0 Å². The maximum atomic E-state index is 13.2. The predicted octanol–water partition coefficient (Wildman–Crippen LogP) is 5.06. The third-order valence-electron chi connectivity index (χ3n) is 4.22. The second kappa shape index (κ2) is 9.47. The van der Waals surface area contributed by atoms with Gasteiger partial charge >= 0.3 is 0 Å². The van der Waals surface area contributed by atoms with Gasteiger partial charge in [-0.05, 0) is 72.6 Å². The summed E-state index contributed by atoms with van der Waals surface area (Å²) in [5.41, 5.74) is 1.51. The number of nitrogens with one attached hydrogen (secondary N) is 1. The average molecular weight is 415 g/mol. The van der Waals surface area contributed by atoms with E-state index in [0.717, 1.165) is 12.0 Å². The van der Waals surface area contributed by atoms with Crippen molar-refractivity contribution in [3.63, 3.8) is 0 Å². The van der Waals surface area contributed by atoms with Crippen molar-refractivity contribution in [2.45, 2.75) is 20.3 Å². The molecule has 1 aromatic heterocycles. The number of nitrogens with zero attached hydrogens (tertiary/aromatic N) is 3. The molecule has 0 saturated carbocycles. The quantitative estimate of drug-likeness (QED) is 0.413. The third-order valence-corrected chi connectivity index (χ3v) is 4.48. The van der Waals surface area contributed by atoms with Crippen LogP contribution < -0.4 is 9.47 Å². The van der Waals surface area contributed by atoms with Crippen molar-refractivity contribution < 1.29 is 13.9 Å². The van der Waals surface area contributed by atoms with Crippen LogP contribution in [0.2, 0.25) is 0 Å². The van der Waals surface area contributed by atoms with Crippen molar-refractivity contribution in [1.29, 1.82) is 0 Å². The van der Waals surface area contributed by atoms with Crippen molar-refractivity contribution in [1.82, 2.24) is 14.9 Å². The van der Waals surface area contributed by atoms with Gasteiger partial charge in [0.25, 0.3) is 0 Å². The Bertz CT molecular complexity index is 1040. The number of hydrogen-bond acceptors (Lipinski definition) is 5. The monoisotopic (exact) mass is 414 g/mol. The largest absolute Gasteiger partial charge is 0.493 e. The van der Waals surface area contributed by atoms with Crippen LogP contribution in [0.5, 0.6) is 11.5 Å². The topological polar surface area (TPSA) is 64.4 Å². The van der Waals surface area contributed by atoms with Gasteiger partial charge < -0.3 is 9.47 Å². The fourth-order valence-electron chi connectivity index (χ4n) is 2.60. The van der Waals surface area contributed by atoms with E-state index in [9.17, 15) is 4.39 Å². The molecule has 0 bridgehead atoms. The molecule has 0 unspecified atom stereocenters. The van der Waals surface area contributed by atoms with E-state index in [1.54, 1.807) is 25.5 Å². The summed E-state index contributed by atoms with van der Waals surface area (Å²) in [6, 6.07) is 11.6. The Hall–Kier alpha value is -3.00. The van der Waals surface area contributed by atoms with E-state index in [-0.39, 0.29) is 5.82 Å². The number of methoxy groups -OCH3 is 1. The summed E-state index contributed by atoms with van der Waals surface area (Å²) >= 11 is 5.26. The third kappa shape index (κ3) is 5.29. The van der Waals surface area contributed by atoms with Gasteiger partial charge in [-0.25, -0.2) is 9.49 Å². The van der Waals surface area contributed by atoms with Crippen LogP contribution >= 0.6 is 12.2 Å². The fourth-order valence-corrected chi connectivity index (χ4v) is 2.78. The zero-order valence-electron chi connectivity index (χ0n) is 16.6. The molecule has 0 aliphatic carbocycles. The van der Waals surface area contributed by atoms with Crippen LogP contribution in [-0.2, 0) is 0 Å². The van der Waals surface area contributed by atoms with E-state index in [4.69, 9.17) is 21.7 Å². The van der Waals surface area contributed by atoms with Crippen molar-refractivity contribution >= 4 is 18.4 Å². The molecule has 29 heavy (non-hydrogen) atoms. The molecular formula is C21H23FN4O2S. The predicted molar refractivity (Wildman–Crippen MR) is 114 cm³/mol. The number of H-pyrrole nitrogens is 1. The maximum absolute atomic E-state index is 13.2. The standard InChI is InChI=1S/C21H23FN4O2S/c1-14(2)10-11-28-18-9-4-15(12-19(18)27-3)13-23-26-20(24-25-21(26)29)16-5-7-17(22)8-6-16/h4-9,12-14H,10-11H2,1-3H3,(H,25,29)/b23-13-. The molecule has 0 radical (unpaired) electrons. The zero-order valence-corrected chi connectivity index (χ0v) is 17.4. The van der Waals surface area contributed by atoms with Crippen LogP contribution in [0.3, 0.4) is 0 Å². The smallest absolute Gasteiger partial charge is 0.216 e. The number of aromatic nitrogens is 3. The summed E-state index contributed by atoms with van der Waals surface area (Å²) in [6.45, 7) is 4.94. The second-order valence-electron chi connectivity index (χ2n) is 6.86. The van der Waals surface area contributed by atoms with Crippen molar-refractivity contribution in [3.05, 3.63) is 58.6 Å². The maximum Gasteiger partial charge on any atom is 0.216 e. The normalized spacial score (nSPS) is 11.3. The van der Waals surface area contributed by atoms with Crippen LogP contribution in [0.15, 0.2) is 47.6 Å². The lowest BCUT2D eigenvalue weighted by molar-refractivity contribution is 0.273. The number of aromatic amines is 1. The summed E-state index contributed by atoms with van der Waals surface area (Å²) in [5.74, 6) is 2.07. The molecule has 8 heteroatoms. The Morgan fingerprint density at radius 3 is 2.66 bits per heavy atom. The first kappa shape index (κ1) is 20.7. The van der Waals surface area contributed by atoms with Crippen molar-refractivity contribution in [2.24, 2.45) is 11.0 Å². The van der Waals surface area contributed by atoms with Gasteiger partial charge in [0, 0.05) is 5.56 Å². The molecule has 1 N–H and O–H groups in total. The number of benzene rings is 2. The van der Waals surface area contributed by atoms with Gasteiger partial charge in [-0.15, -0.1) is 0 Å². The minimum atomic E-state index is -0.319. The highest BCUT2D eigenvalue weighted by Gasteiger charge is 2.09. The summed E-state index contributed by atoms with van der Waals surface area (Å²) in [6.07, 6.45) is 2.62. The van der Waals surface area contributed by atoms with E-state index in [1.165, 1.54) is 16.8 Å². The van der Waals surface area contributed by atoms with E-state index >= 15 is 0 Å². The van der Waals surface area contributed by atoms with E-state index in [1.807, 2.05) is 18.2 Å². The number of halogens is 1. The molecule has 3 rings (SSSR count). The first-order valence-electron chi connectivity index (χ1n) is 9.26. The molecule has 152 valence electrons. The molecule has 0 aliphatic rings. The number of rotatable bonds is 8. The molecule has 0 atom stereocenters. The van der Waals surface area contributed by atoms with Crippen LogP contribution in [0.25, 0.3) is 11.4 Å². The van der Waals surface area contributed by atoms with E-state index in [0.29, 0.717) is 40.2 Å². The highest BCUT2D eigenvalue weighted by Crippen LogP contribution is 2.28. The van der Waals surface area contributed by atoms with E-state index in [2.05, 4.69) is 29.1 Å². The SMILES string of the molecule is COc1cc(/C=N\n2c(-c3ccc(F)cc3)n[nH]c2=S)ccc1OCCC(C)C. The van der Waals surface area contributed by atoms with Gasteiger partial charge in [-0.1, -0.05) is 13.8 Å². The molecule has 3 aromatic rings. The van der Waals surface area contributed by atoms with Crippen molar-refractivity contribution in [2.75, 3.05) is 13.7 Å². The van der Waals surface area contributed by atoms with Gasteiger partial charge in [0.15, 0.2) is 17.3 Å². The van der Waals surface area contributed by atoms with Crippen LogP contribution in [0.1, 0.15) is 25.8 Å². The Labute approximate surface area is 174 Å². The summed E-state index contributed by atoms with van der Waals surface area (Å²) < 4.78 is 26.3. The first-order valence-corrected chi connectivity index (χ1v) is 9.67. The molecule has 6 nitrogen and oxygen atoms in total. The Morgan fingerprint density at radius 2 is 1.97 bits per heavy atom. The average Bonchev–Trinajstić information content (AvgIpc) is 3.07. The van der Waals surface area contributed by atoms with Crippen molar-refractivity contribution in [3.8, 4) is 22.9 Å². The van der Waals surface area contributed by atoms with Crippen LogP contribution in [0.4, 0.5) is 4.39 Å². The number of ether oxygens (including phenoxy) is 2. The Kier molecular flexibility index (Phi) is 6.77. The van der Waals surface area contributed by atoms with Gasteiger partial charge in [0.05, 0.1) is 19.9 Å². The van der Waals surface area contributed by atoms with Gasteiger partial charge in [-0.2, -0.15) is 14.9 Å². The summed E-state index contributed by atoms with van der Waals surface area (Å²) in [4.78, 5) is 0. The van der Waals surface area contributed by atoms with Crippen LogP contribution in [-0.4, -0.2) is 34.8 Å². The molecule has 0 spiro atoms. The molecule has 0 aliphatic heterocycles. The molecule has 1 heterocycles. The highest BCUT2D eigenvalue weighted by molar-refractivity contribution is 7.71. The Balaban J connectivity index is 1.82. The molecular weight excluding hydrogens is 391 g/mol. The molecule has 0 amide bonds. The number of hydrogen-bond donors (Lipinski definition) is 1. The van der Waals surface area contributed by atoms with Gasteiger partial charge in [-0.3, -0.25) is 0 Å². The minimum absolute atomic E-state index is 0.319. The van der Waals surface area contributed by atoms with Crippen LogP contribution in [0, 0.1) is 16.5 Å². The fraction of sp³-hybridized carbons (Fsp3) is 0.286. The molecule has 0 fully saturated rings. The molecule has 0 saturated heterocycles. The molecule has 2 aromatic carbocycles. The minimum Gasteiger partial charge on any atom is -0.493 e. The van der Waals surface area contributed by atoms with Gasteiger partial charge in [0.2, 0.25) is 4.77 Å². The Morgan fingerprint density at radius 1 is 1.21 bits per heavy atom. The van der Waals surface area contributed by atoms with Gasteiger partial charge in [0.1, 0.15) is 5.82 Å². The lowest BCUT2D eigenvalue weighted by atomic mass is 10.1. The summed E-state index contributed by atoms with van der Waals surface area (Å²) in [5, 5.41) is 11.3. The highest BCUT2D eigenvalue weighted by atomic mass is 32.1. The zero-order chi connectivity index (χ0) is 20.8. The lowest BCUT2D eigenvalue weighted by Gasteiger charge is -2.12. The first-order chi connectivity index (χ1) is 14.0. The summed E-state index contributed by atoms with van der Waals surface area (Å²) in [7, 11) is 1.60.